The number of nitriles is 1. The molecule has 0 aliphatic rings. The quantitative estimate of drug-likeness (QED) is 0.801. The Morgan fingerprint density at radius 2 is 1.82 bits per heavy atom. The Morgan fingerprint density at radius 1 is 1.09 bits per heavy atom. The van der Waals surface area contributed by atoms with Crippen LogP contribution in [-0.4, -0.2) is 19.6 Å². The molecular formula is C17H14N4O. The van der Waals surface area contributed by atoms with Gasteiger partial charge in [0, 0.05) is 30.4 Å². The zero-order valence-electron chi connectivity index (χ0n) is 11.8. The average Bonchev–Trinajstić information content (AvgIpc) is 3.04. The second-order valence-corrected chi connectivity index (χ2v) is 4.89. The molecule has 0 radical (unpaired) electrons. The molecule has 0 saturated carbocycles. The van der Waals surface area contributed by atoms with Gasteiger partial charge < -0.3 is 9.67 Å². The highest BCUT2D eigenvalue weighted by atomic mass is 16.3. The van der Waals surface area contributed by atoms with E-state index in [1.54, 1.807) is 42.9 Å². The van der Waals surface area contributed by atoms with Gasteiger partial charge in [0.05, 0.1) is 24.3 Å². The molecule has 1 N–H and O–H groups in total. The summed E-state index contributed by atoms with van der Waals surface area (Å²) in [6.07, 6.45) is 6.31. The predicted molar refractivity (Wildman–Crippen MR) is 81.6 cm³/mol. The van der Waals surface area contributed by atoms with Gasteiger partial charge >= 0.3 is 0 Å². The number of benzene rings is 1. The number of aliphatic hydroxyl groups is 1. The third-order valence-corrected chi connectivity index (χ3v) is 3.45. The van der Waals surface area contributed by atoms with Gasteiger partial charge in [-0.25, -0.2) is 4.98 Å². The van der Waals surface area contributed by atoms with E-state index in [0.29, 0.717) is 12.1 Å². The summed E-state index contributed by atoms with van der Waals surface area (Å²) in [6, 6.07) is 12.8. The van der Waals surface area contributed by atoms with Crippen molar-refractivity contribution in [3.05, 3.63) is 72.3 Å². The number of imidazole rings is 1. The number of rotatable bonds is 4. The fraction of sp³-hybridized carbons (Fsp3) is 0.118. The zero-order valence-corrected chi connectivity index (χ0v) is 11.8. The molecule has 5 nitrogen and oxygen atoms in total. The van der Waals surface area contributed by atoms with Gasteiger partial charge in [-0.1, -0.05) is 12.1 Å². The number of pyridine rings is 1. The predicted octanol–water partition coefficient (Wildman–Crippen LogP) is 2.55. The summed E-state index contributed by atoms with van der Waals surface area (Å²) < 4.78 is 1.90. The highest BCUT2D eigenvalue weighted by Crippen LogP contribution is 2.21. The van der Waals surface area contributed by atoms with Crippen LogP contribution in [0.1, 0.15) is 17.2 Å². The summed E-state index contributed by atoms with van der Waals surface area (Å²) in [7, 11) is 0. The van der Waals surface area contributed by atoms with Gasteiger partial charge in [0.1, 0.15) is 5.82 Å². The van der Waals surface area contributed by atoms with Crippen LogP contribution < -0.4 is 0 Å². The third-order valence-electron chi connectivity index (χ3n) is 3.45. The molecule has 3 aromatic rings. The van der Waals surface area contributed by atoms with Gasteiger partial charge in [-0.05, 0) is 29.8 Å². The van der Waals surface area contributed by atoms with Crippen LogP contribution in [-0.2, 0) is 6.54 Å². The summed E-state index contributed by atoms with van der Waals surface area (Å²) in [5.41, 5.74) is 2.30. The lowest BCUT2D eigenvalue weighted by Crippen LogP contribution is -2.09. The molecule has 1 aromatic carbocycles. The molecule has 108 valence electrons. The molecular weight excluding hydrogens is 276 g/mol. The molecule has 0 fully saturated rings. The SMILES string of the molecule is N#Cc1ccc(C(O)Cn2ccnc2-c2ccncc2)cc1. The Bertz CT molecular complexity index is 788. The van der Waals surface area contributed by atoms with Crippen molar-refractivity contribution in [1.29, 1.82) is 5.26 Å². The first kappa shape index (κ1) is 14.0. The van der Waals surface area contributed by atoms with E-state index in [0.717, 1.165) is 17.0 Å². The molecule has 5 heteroatoms. The standard InChI is InChI=1S/C17H14N4O/c18-11-13-1-3-14(4-2-13)16(22)12-21-10-9-20-17(21)15-5-7-19-8-6-15/h1-10,16,22H,12H2. The monoisotopic (exact) mass is 290 g/mol. The van der Waals surface area contributed by atoms with Crippen LogP contribution in [0.5, 0.6) is 0 Å². The minimum atomic E-state index is -0.664. The second kappa shape index (κ2) is 6.20. The van der Waals surface area contributed by atoms with Crippen LogP contribution in [0.3, 0.4) is 0 Å². The molecule has 0 amide bonds. The lowest BCUT2D eigenvalue weighted by molar-refractivity contribution is 0.157. The van der Waals surface area contributed by atoms with Crippen molar-refractivity contribution in [3.8, 4) is 17.5 Å². The first-order chi connectivity index (χ1) is 10.8. The van der Waals surface area contributed by atoms with Gasteiger partial charge in [0.2, 0.25) is 0 Å². The van der Waals surface area contributed by atoms with Crippen LogP contribution in [0.25, 0.3) is 11.4 Å². The highest BCUT2D eigenvalue weighted by molar-refractivity contribution is 5.54. The van der Waals surface area contributed by atoms with Gasteiger partial charge in [0.25, 0.3) is 0 Å². The van der Waals surface area contributed by atoms with Crippen LogP contribution in [0.2, 0.25) is 0 Å². The molecule has 3 rings (SSSR count). The Kier molecular flexibility index (Phi) is 3.95. The van der Waals surface area contributed by atoms with Crippen LogP contribution >= 0.6 is 0 Å². The van der Waals surface area contributed by atoms with Gasteiger partial charge in [-0.15, -0.1) is 0 Å². The third kappa shape index (κ3) is 2.87. The molecule has 1 atom stereocenters. The fourth-order valence-corrected chi connectivity index (χ4v) is 2.29. The van der Waals surface area contributed by atoms with Crippen molar-refractivity contribution in [2.75, 3.05) is 0 Å². The normalized spacial score (nSPS) is 11.8. The molecule has 1 unspecified atom stereocenters. The van der Waals surface area contributed by atoms with Gasteiger partial charge in [-0.3, -0.25) is 4.98 Å². The molecule has 2 heterocycles. The van der Waals surface area contributed by atoms with E-state index in [9.17, 15) is 5.11 Å². The van der Waals surface area contributed by atoms with Crippen LogP contribution in [0, 0.1) is 11.3 Å². The summed E-state index contributed by atoms with van der Waals surface area (Å²) in [5.74, 6) is 0.787. The van der Waals surface area contributed by atoms with E-state index < -0.39 is 6.10 Å². The molecule has 2 aromatic heterocycles. The van der Waals surface area contributed by atoms with Crippen molar-refractivity contribution < 1.29 is 5.11 Å². The summed E-state index contributed by atoms with van der Waals surface area (Å²) >= 11 is 0. The van der Waals surface area contributed by atoms with Crippen molar-refractivity contribution in [1.82, 2.24) is 14.5 Å². The zero-order chi connectivity index (χ0) is 15.4. The van der Waals surface area contributed by atoms with E-state index in [2.05, 4.69) is 16.0 Å². The Balaban J connectivity index is 1.81. The number of hydrogen-bond donors (Lipinski definition) is 1. The molecule has 0 saturated heterocycles. The van der Waals surface area contributed by atoms with Gasteiger partial charge in [-0.2, -0.15) is 5.26 Å². The van der Waals surface area contributed by atoms with Crippen LogP contribution in [0.15, 0.2) is 61.2 Å². The first-order valence-corrected chi connectivity index (χ1v) is 6.87. The minimum absolute atomic E-state index is 0.392. The van der Waals surface area contributed by atoms with Crippen molar-refractivity contribution in [3.63, 3.8) is 0 Å². The Hall–Kier alpha value is -2.97. The largest absolute Gasteiger partial charge is 0.387 e. The first-order valence-electron chi connectivity index (χ1n) is 6.87. The lowest BCUT2D eigenvalue weighted by atomic mass is 10.1. The maximum atomic E-state index is 10.4. The van der Waals surface area contributed by atoms with E-state index in [4.69, 9.17) is 5.26 Å². The van der Waals surface area contributed by atoms with E-state index in [1.165, 1.54) is 0 Å². The van der Waals surface area contributed by atoms with Crippen molar-refractivity contribution >= 4 is 0 Å². The number of aliphatic hydroxyl groups excluding tert-OH is 1. The smallest absolute Gasteiger partial charge is 0.140 e. The number of aromatic nitrogens is 3. The molecule has 0 spiro atoms. The summed E-state index contributed by atoms with van der Waals surface area (Å²) in [5, 5.41) is 19.2. The number of hydrogen-bond acceptors (Lipinski definition) is 4. The summed E-state index contributed by atoms with van der Waals surface area (Å²) in [4.78, 5) is 8.34. The van der Waals surface area contributed by atoms with Crippen molar-refractivity contribution in [2.24, 2.45) is 0 Å². The summed E-state index contributed by atoms with van der Waals surface area (Å²) in [6.45, 7) is 0.392. The fourth-order valence-electron chi connectivity index (χ4n) is 2.29. The average molecular weight is 290 g/mol. The minimum Gasteiger partial charge on any atom is -0.387 e. The number of nitrogens with zero attached hydrogens (tertiary/aromatic N) is 4. The van der Waals surface area contributed by atoms with E-state index >= 15 is 0 Å². The molecule has 0 bridgehead atoms. The lowest BCUT2D eigenvalue weighted by Gasteiger charge is -2.14. The van der Waals surface area contributed by atoms with Crippen molar-refractivity contribution in [2.45, 2.75) is 12.6 Å². The maximum absolute atomic E-state index is 10.4. The van der Waals surface area contributed by atoms with Crippen LogP contribution in [0.4, 0.5) is 0 Å². The molecule has 0 aliphatic carbocycles. The van der Waals surface area contributed by atoms with E-state index in [-0.39, 0.29) is 0 Å². The maximum Gasteiger partial charge on any atom is 0.140 e. The second-order valence-electron chi connectivity index (χ2n) is 4.89. The Morgan fingerprint density at radius 3 is 2.50 bits per heavy atom. The van der Waals surface area contributed by atoms with Gasteiger partial charge in [0.15, 0.2) is 0 Å². The topological polar surface area (TPSA) is 74.7 Å². The molecule has 0 aliphatic heterocycles. The van der Waals surface area contributed by atoms with E-state index in [1.807, 2.05) is 22.9 Å². The highest BCUT2D eigenvalue weighted by Gasteiger charge is 2.12. The Labute approximate surface area is 128 Å². The molecule has 22 heavy (non-hydrogen) atoms.